The van der Waals surface area contributed by atoms with Crippen LogP contribution in [0.25, 0.3) is 0 Å². The van der Waals surface area contributed by atoms with Gasteiger partial charge in [-0.3, -0.25) is 9.59 Å². The van der Waals surface area contributed by atoms with Gasteiger partial charge in [-0.1, -0.05) is 19.1 Å². The van der Waals surface area contributed by atoms with Gasteiger partial charge >= 0.3 is 0 Å². The molecule has 0 saturated carbocycles. The molecule has 2 rings (SSSR count). The van der Waals surface area contributed by atoms with Gasteiger partial charge in [0.2, 0.25) is 0 Å². The van der Waals surface area contributed by atoms with Crippen molar-refractivity contribution >= 4 is 11.4 Å². The fourth-order valence-corrected chi connectivity index (χ4v) is 1.78. The van der Waals surface area contributed by atoms with Crippen molar-refractivity contribution in [3.63, 3.8) is 0 Å². The molecular weight excluding hydrogens is 230 g/mol. The number of benzene rings is 1. The van der Waals surface area contributed by atoms with Gasteiger partial charge in [-0.25, -0.2) is 0 Å². The molecule has 0 bridgehead atoms. The monoisotopic (exact) mass is 245 g/mol. The summed E-state index contributed by atoms with van der Waals surface area (Å²) in [5.41, 5.74) is 1.15. The highest BCUT2D eigenvalue weighted by Gasteiger charge is 2.22. The second-order valence-electron chi connectivity index (χ2n) is 3.97. The van der Waals surface area contributed by atoms with Crippen molar-refractivity contribution in [3.8, 4) is 5.75 Å². The summed E-state index contributed by atoms with van der Waals surface area (Å²) in [6, 6.07) is 7.72. The molecule has 0 aliphatic carbocycles. The summed E-state index contributed by atoms with van der Waals surface area (Å²) in [5, 5.41) is 2.95. The molecule has 2 aromatic rings. The molecule has 1 N–H and O–H groups in total. The fourth-order valence-electron chi connectivity index (χ4n) is 1.78. The molecule has 4 heteroatoms. The lowest BCUT2D eigenvalue weighted by molar-refractivity contribution is 0.335. The lowest BCUT2D eigenvalue weighted by Gasteiger charge is -2.13. The van der Waals surface area contributed by atoms with Crippen molar-refractivity contribution in [2.24, 2.45) is 0 Å². The number of hydrogen-bond acceptors (Lipinski definition) is 4. The van der Waals surface area contributed by atoms with Crippen LogP contribution in [-0.2, 0) is 6.42 Å². The predicted molar refractivity (Wildman–Crippen MR) is 71.6 cm³/mol. The van der Waals surface area contributed by atoms with E-state index in [0.717, 1.165) is 17.7 Å². The van der Waals surface area contributed by atoms with Crippen LogP contribution in [0.2, 0.25) is 0 Å². The second-order valence-corrected chi connectivity index (χ2v) is 3.97. The first-order valence-electron chi connectivity index (χ1n) is 5.99. The van der Waals surface area contributed by atoms with Crippen LogP contribution in [0.3, 0.4) is 0 Å². The Balaban J connectivity index is 2.26. The van der Waals surface area contributed by atoms with Crippen molar-refractivity contribution < 1.29 is 4.74 Å². The second kappa shape index (κ2) is 5.04. The number of aryl methyl sites for hydroxylation is 1. The highest BCUT2D eigenvalue weighted by atomic mass is 16.5. The third-order valence-electron chi connectivity index (χ3n) is 2.76. The van der Waals surface area contributed by atoms with Gasteiger partial charge in [-0.15, -0.1) is 0 Å². The van der Waals surface area contributed by atoms with E-state index in [1.807, 2.05) is 24.3 Å². The topological polar surface area (TPSA) is 55.4 Å². The molecule has 0 fully saturated rings. The number of anilines is 2. The third-order valence-corrected chi connectivity index (χ3v) is 2.76. The Morgan fingerprint density at radius 1 is 1.17 bits per heavy atom. The zero-order chi connectivity index (χ0) is 13.1. The Labute approximate surface area is 105 Å². The molecule has 94 valence electrons. The molecule has 0 radical (unpaired) electrons. The Bertz CT molecular complexity index is 624. The maximum Gasteiger partial charge on any atom is 0.272 e. The summed E-state index contributed by atoms with van der Waals surface area (Å²) in [6.07, 6.45) is 0.916. The smallest absolute Gasteiger partial charge is 0.272 e. The normalized spacial score (nSPS) is 10.6. The van der Waals surface area contributed by atoms with Crippen LogP contribution >= 0.6 is 0 Å². The minimum Gasteiger partial charge on any atom is -0.488 e. The zero-order valence-corrected chi connectivity index (χ0v) is 10.4. The van der Waals surface area contributed by atoms with E-state index in [0.29, 0.717) is 6.61 Å². The van der Waals surface area contributed by atoms with Crippen molar-refractivity contribution in [2.45, 2.75) is 20.3 Å². The van der Waals surface area contributed by atoms with Crippen LogP contribution in [0, 0.1) is 0 Å². The third kappa shape index (κ3) is 2.14. The summed E-state index contributed by atoms with van der Waals surface area (Å²) in [5.74, 6) is 0.143. The summed E-state index contributed by atoms with van der Waals surface area (Å²) < 4.78 is 5.15. The Kier molecular flexibility index (Phi) is 3.46. The van der Waals surface area contributed by atoms with Crippen LogP contribution in [0.15, 0.2) is 33.9 Å². The SMILES string of the molecule is CCOc1c(Nc2cccc(CC)c2)c(=O)c1=O. The van der Waals surface area contributed by atoms with E-state index < -0.39 is 10.9 Å². The molecule has 0 atom stereocenters. The number of ether oxygens (including phenoxy) is 1. The van der Waals surface area contributed by atoms with Crippen molar-refractivity contribution in [3.05, 3.63) is 50.3 Å². The highest BCUT2D eigenvalue weighted by molar-refractivity contribution is 5.70. The number of rotatable bonds is 5. The summed E-state index contributed by atoms with van der Waals surface area (Å²) in [4.78, 5) is 22.8. The van der Waals surface area contributed by atoms with Crippen LogP contribution < -0.4 is 20.9 Å². The largest absolute Gasteiger partial charge is 0.488 e. The molecule has 0 aliphatic rings. The first-order chi connectivity index (χ1) is 8.67. The van der Waals surface area contributed by atoms with Gasteiger partial charge in [0.05, 0.1) is 6.61 Å². The predicted octanol–water partition coefficient (Wildman–Crippen LogP) is 1.99. The molecule has 4 nitrogen and oxygen atoms in total. The maximum atomic E-state index is 11.5. The first-order valence-corrected chi connectivity index (χ1v) is 5.99. The molecule has 2 aromatic carbocycles. The zero-order valence-electron chi connectivity index (χ0n) is 10.4. The van der Waals surface area contributed by atoms with Crippen molar-refractivity contribution in [1.82, 2.24) is 0 Å². The first kappa shape index (κ1) is 12.4. The molecule has 0 aromatic heterocycles. The van der Waals surface area contributed by atoms with Crippen LogP contribution in [0.5, 0.6) is 5.75 Å². The molecular formula is C14H15NO3. The van der Waals surface area contributed by atoms with Gasteiger partial charge in [0.15, 0.2) is 5.75 Å². The Morgan fingerprint density at radius 3 is 2.61 bits per heavy atom. The van der Waals surface area contributed by atoms with E-state index in [4.69, 9.17) is 4.74 Å². The summed E-state index contributed by atoms with van der Waals surface area (Å²) >= 11 is 0. The van der Waals surface area contributed by atoms with Gasteiger partial charge in [-0.2, -0.15) is 0 Å². The summed E-state index contributed by atoms with van der Waals surface area (Å²) in [6.45, 7) is 4.20. The van der Waals surface area contributed by atoms with Gasteiger partial charge in [0.1, 0.15) is 5.69 Å². The van der Waals surface area contributed by atoms with Gasteiger partial charge in [0, 0.05) is 5.69 Å². The molecule has 0 heterocycles. The average molecular weight is 245 g/mol. The highest BCUT2D eigenvalue weighted by Crippen LogP contribution is 2.23. The van der Waals surface area contributed by atoms with E-state index in [1.165, 1.54) is 0 Å². The molecule has 0 aliphatic heterocycles. The lowest BCUT2D eigenvalue weighted by atomic mass is 10.1. The lowest BCUT2D eigenvalue weighted by Crippen LogP contribution is -2.35. The summed E-state index contributed by atoms with van der Waals surface area (Å²) in [7, 11) is 0. The average Bonchev–Trinajstić information content (AvgIpc) is 2.42. The molecule has 18 heavy (non-hydrogen) atoms. The van der Waals surface area contributed by atoms with Crippen molar-refractivity contribution in [1.29, 1.82) is 0 Å². The van der Waals surface area contributed by atoms with Crippen LogP contribution in [0.4, 0.5) is 11.4 Å². The van der Waals surface area contributed by atoms with Crippen LogP contribution in [-0.4, -0.2) is 6.61 Å². The van der Waals surface area contributed by atoms with E-state index >= 15 is 0 Å². The number of hydrogen-bond donors (Lipinski definition) is 1. The van der Waals surface area contributed by atoms with Gasteiger partial charge in [-0.05, 0) is 31.0 Å². The quantitative estimate of drug-likeness (QED) is 0.818. The Hall–Kier alpha value is -2.10. The number of nitrogens with one attached hydrogen (secondary N) is 1. The van der Waals surface area contributed by atoms with Gasteiger partial charge < -0.3 is 10.1 Å². The maximum absolute atomic E-state index is 11.5. The van der Waals surface area contributed by atoms with Gasteiger partial charge in [0.25, 0.3) is 10.9 Å². The Morgan fingerprint density at radius 2 is 1.94 bits per heavy atom. The van der Waals surface area contributed by atoms with Crippen molar-refractivity contribution in [2.75, 3.05) is 11.9 Å². The van der Waals surface area contributed by atoms with E-state index in [2.05, 4.69) is 12.2 Å². The molecule has 0 unspecified atom stereocenters. The minimum absolute atomic E-state index is 0.143. The van der Waals surface area contributed by atoms with Crippen LogP contribution in [0.1, 0.15) is 19.4 Å². The molecule has 0 spiro atoms. The molecule has 0 saturated heterocycles. The molecule has 0 amide bonds. The minimum atomic E-state index is -0.550. The fraction of sp³-hybridized carbons (Fsp3) is 0.286. The standard InChI is InChI=1S/C14H15NO3/c1-3-9-6-5-7-10(8-9)15-11-12(16)13(17)14(11)18-4-2/h5-8,15H,3-4H2,1-2H3. The van der Waals surface area contributed by atoms with E-state index in [1.54, 1.807) is 6.92 Å². The van der Waals surface area contributed by atoms with E-state index in [9.17, 15) is 9.59 Å². The van der Waals surface area contributed by atoms with E-state index in [-0.39, 0.29) is 11.4 Å².